The van der Waals surface area contributed by atoms with E-state index in [9.17, 15) is 4.79 Å². The van der Waals surface area contributed by atoms with Crippen molar-refractivity contribution in [1.82, 2.24) is 15.1 Å². The average Bonchev–Trinajstić information content (AvgIpc) is 2.81. The highest BCUT2D eigenvalue weighted by atomic mass is 19.3. The fourth-order valence-corrected chi connectivity index (χ4v) is 5.75. The van der Waals surface area contributed by atoms with E-state index in [-0.39, 0.29) is 18.4 Å². The number of aryl methyl sites for hydroxylation is 1. The largest absolute Gasteiger partial charge is 0.342 e. The number of nitrogens with one attached hydrogen (secondary N) is 1. The van der Waals surface area contributed by atoms with Gasteiger partial charge in [0.05, 0.1) is 0 Å². The summed E-state index contributed by atoms with van der Waals surface area (Å²) < 4.78 is 30.1. The van der Waals surface area contributed by atoms with Crippen LogP contribution in [0.1, 0.15) is 69.4 Å². The van der Waals surface area contributed by atoms with E-state index in [0.29, 0.717) is 30.4 Å². The van der Waals surface area contributed by atoms with Crippen molar-refractivity contribution in [2.45, 2.75) is 89.3 Å². The van der Waals surface area contributed by atoms with Crippen molar-refractivity contribution in [3.8, 4) is 0 Å². The number of nitrogens with zero attached hydrogens (tertiary/aromatic N) is 2. The van der Waals surface area contributed by atoms with Gasteiger partial charge in [0.25, 0.3) is 5.92 Å². The Kier molecular flexibility index (Phi) is 7.54. The smallest absolute Gasteiger partial charge is 0.269 e. The predicted octanol–water partition coefficient (Wildman–Crippen LogP) is 4.89. The van der Waals surface area contributed by atoms with Gasteiger partial charge in [0, 0.05) is 50.3 Å². The Balaban J connectivity index is 1.40. The summed E-state index contributed by atoms with van der Waals surface area (Å²) in [5, 5.41) is 2.81. The lowest BCUT2D eigenvalue weighted by molar-refractivity contribution is -0.131. The monoisotopic (exact) mass is 459 g/mol. The second-order valence-corrected chi connectivity index (χ2v) is 10.4. The van der Waals surface area contributed by atoms with Crippen molar-refractivity contribution in [2.24, 2.45) is 0 Å². The molecule has 0 aromatic heterocycles. The van der Waals surface area contributed by atoms with Crippen LogP contribution in [0.2, 0.25) is 0 Å². The second kappa shape index (κ2) is 10.2. The summed E-state index contributed by atoms with van der Waals surface area (Å²) in [5.74, 6) is -2.77. The lowest BCUT2D eigenvalue weighted by Crippen LogP contribution is -2.64. The van der Waals surface area contributed by atoms with Crippen LogP contribution in [-0.4, -0.2) is 65.9 Å². The quantitative estimate of drug-likeness (QED) is 0.681. The zero-order chi connectivity index (χ0) is 23.6. The minimum Gasteiger partial charge on any atom is -0.342 e. The Hall–Kier alpha value is -1.79. The highest BCUT2D eigenvalue weighted by molar-refractivity contribution is 5.93. The van der Waals surface area contributed by atoms with Crippen LogP contribution >= 0.6 is 0 Å². The number of allylic oxidation sites excluding steroid dienone is 1. The lowest BCUT2D eigenvalue weighted by Gasteiger charge is -2.47. The van der Waals surface area contributed by atoms with Crippen LogP contribution in [0, 0.1) is 6.92 Å². The van der Waals surface area contributed by atoms with E-state index in [2.05, 4.69) is 60.2 Å². The normalized spacial score (nSPS) is 29.0. The standard InChI is InChI=1S/C27H39F2N3O/c1-19(2)31-15-17-32(18-16-31)24-5-4-14-27(28,29)25(24)30-26(33)23-12-10-22(11-13-23)21-8-6-20(3)7-9-21/h6-9,12,19,22,24-25H,4-5,10-11,13-18H2,1-3H3,(H,30,33)/t22-,24-,25+/m0/s1. The number of halogens is 2. The molecule has 1 aromatic rings. The van der Waals surface area contributed by atoms with Gasteiger partial charge < -0.3 is 5.32 Å². The maximum atomic E-state index is 15.1. The van der Waals surface area contributed by atoms with Crippen molar-refractivity contribution in [1.29, 1.82) is 0 Å². The van der Waals surface area contributed by atoms with Crippen molar-refractivity contribution in [2.75, 3.05) is 26.2 Å². The van der Waals surface area contributed by atoms with Crippen LogP contribution in [0.5, 0.6) is 0 Å². The molecule has 1 N–H and O–H groups in total. The molecule has 3 aliphatic rings. The van der Waals surface area contributed by atoms with Gasteiger partial charge in [0.15, 0.2) is 0 Å². The zero-order valence-corrected chi connectivity index (χ0v) is 20.3. The van der Waals surface area contributed by atoms with Crippen molar-refractivity contribution >= 4 is 5.91 Å². The van der Waals surface area contributed by atoms with E-state index in [4.69, 9.17) is 0 Å². The molecular weight excluding hydrogens is 420 g/mol. The van der Waals surface area contributed by atoms with E-state index in [1.54, 1.807) is 0 Å². The average molecular weight is 460 g/mol. The van der Waals surface area contributed by atoms with Crippen molar-refractivity contribution in [3.05, 3.63) is 47.0 Å². The number of carbonyl (C=O) groups is 1. The first-order valence-electron chi connectivity index (χ1n) is 12.7. The molecular formula is C27H39F2N3O. The maximum Gasteiger partial charge on any atom is 0.269 e. The van der Waals surface area contributed by atoms with E-state index in [1.807, 2.05) is 6.08 Å². The third-order valence-electron chi connectivity index (χ3n) is 7.94. The van der Waals surface area contributed by atoms with E-state index in [0.717, 1.165) is 45.4 Å². The zero-order valence-electron chi connectivity index (χ0n) is 20.3. The Morgan fingerprint density at radius 1 is 1.09 bits per heavy atom. The van der Waals surface area contributed by atoms with Gasteiger partial charge in [-0.3, -0.25) is 14.6 Å². The van der Waals surface area contributed by atoms with Gasteiger partial charge in [-0.15, -0.1) is 0 Å². The van der Waals surface area contributed by atoms with Gasteiger partial charge in [0.1, 0.15) is 6.04 Å². The van der Waals surface area contributed by atoms with Crippen LogP contribution in [0.3, 0.4) is 0 Å². The fraction of sp³-hybridized carbons (Fsp3) is 0.667. The topological polar surface area (TPSA) is 35.6 Å². The number of alkyl halides is 2. The molecule has 0 unspecified atom stereocenters. The molecule has 0 radical (unpaired) electrons. The number of rotatable bonds is 5. The fourth-order valence-electron chi connectivity index (χ4n) is 5.75. The molecule has 4 nitrogen and oxygen atoms in total. The van der Waals surface area contributed by atoms with Gasteiger partial charge in [0.2, 0.25) is 5.91 Å². The Labute approximate surface area is 197 Å². The number of benzene rings is 1. The summed E-state index contributed by atoms with van der Waals surface area (Å²) >= 11 is 0. The summed E-state index contributed by atoms with van der Waals surface area (Å²) in [6, 6.07) is 7.62. The number of amides is 1. The van der Waals surface area contributed by atoms with Gasteiger partial charge >= 0.3 is 0 Å². The molecule has 33 heavy (non-hydrogen) atoms. The summed E-state index contributed by atoms with van der Waals surface area (Å²) in [6.45, 7) is 9.78. The number of piperazine rings is 1. The van der Waals surface area contributed by atoms with E-state index in [1.165, 1.54) is 11.1 Å². The van der Waals surface area contributed by atoms with Crippen LogP contribution in [0.25, 0.3) is 0 Å². The Morgan fingerprint density at radius 3 is 2.39 bits per heavy atom. The second-order valence-electron chi connectivity index (χ2n) is 10.4. The molecule has 1 aromatic carbocycles. The first-order valence-corrected chi connectivity index (χ1v) is 12.7. The molecule has 1 amide bonds. The first kappa shape index (κ1) is 24.3. The summed E-state index contributed by atoms with van der Waals surface area (Å²) in [6.07, 6.45) is 5.36. The third-order valence-corrected chi connectivity index (χ3v) is 7.94. The molecule has 1 heterocycles. The molecule has 1 saturated carbocycles. The molecule has 182 valence electrons. The molecule has 2 fully saturated rings. The van der Waals surface area contributed by atoms with Gasteiger partial charge in [-0.05, 0) is 64.4 Å². The SMILES string of the molecule is Cc1ccc([C@H]2CC=C(C(=O)N[C@@H]3[C@@H](N4CCN(C(C)C)CC4)CCCC3(F)F)CC2)cc1. The lowest BCUT2D eigenvalue weighted by atomic mass is 9.83. The first-order chi connectivity index (χ1) is 15.7. The summed E-state index contributed by atoms with van der Waals surface area (Å²) in [4.78, 5) is 17.7. The minimum atomic E-state index is -2.87. The molecule has 2 aliphatic carbocycles. The molecule has 1 aliphatic heterocycles. The Morgan fingerprint density at radius 2 is 1.79 bits per heavy atom. The highest BCUT2D eigenvalue weighted by Gasteiger charge is 2.50. The van der Waals surface area contributed by atoms with Gasteiger partial charge in [-0.25, -0.2) is 8.78 Å². The number of hydrogen-bond donors (Lipinski definition) is 1. The van der Waals surface area contributed by atoms with Crippen molar-refractivity contribution in [3.63, 3.8) is 0 Å². The highest BCUT2D eigenvalue weighted by Crippen LogP contribution is 2.37. The molecule has 4 rings (SSSR count). The predicted molar refractivity (Wildman–Crippen MR) is 129 cm³/mol. The Bertz CT molecular complexity index is 843. The number of carbonyl (C=O) groups excluding carboxylic acids is 1. The van der Waals surface area contributed by atoms with Gasteiger partial charge in [-0.1, -0.05) is 35.9 Å². The third kappa shape index (κ3) is 5.65. The molecule has 6 heteroatoms. The molecule has 1 saturated heterocycles. The van der Waals surface area contributed by atoms with Crippen LogP contribution in [-0.2, 0) is 4.79 Å². The van der Waals surface area contributed by atoms with Crippen LogP contribution < -0.4 is 5.32 Å². The molecule has 0 bridgehead atoms. The summed E-state index contributed by atoms with van der Waals surface area (Å²) in [5.41, 5.74) is 3.19. The van der Waals surface area contributed by atoms with E-state index >= 15 is 8.78 Å². The minimum absolute atomic E-state index is 0.144. The number of hydrogen-bond acceptors (Lipinski definition) is 3. The van der Waals surface area contributed by atoms with Gasteiger partial charge in [-0.2, -0.15) is 0 Å². The van der Waals surface area contributed by atoms with Crippen LogP contribution in [0.4, 0.5) is 8.78 Å². The molecule has 0 spiro atoms. The summed E-state index contributed by atoms with van der Waals surface area (Å²) in [7, 11) is 0. The van der Waals surface area contributed by atoms with Crippen LogP contribution in [0.15, 0.2) is 35.9 Å². The van der Waals surface area contributed by atoms with E-state index < -0.39 is 12.0 Å². The maximum absolute atomic E-state index is 15.1. The molecule has 3 atom stereocenters. The van der Waals surface area contributed by atoms with Crippen molar-refractivity contribution < 1.29 is 13.6 Å².